The maximum Gasteiger partial charge on any atom is 0.117 e. The Balaban J connectivity index is 1.86. The molecule has 0 aliphatic rings. The SMILES string of the molecule is Cn1cc(Cl)cc1CNCc1ccco1. The number of furan rings is 1. The predicted molar refractivity (Wildman–Crippen MR) is 59.7 cm³/mol. The molecule has 0 aliphatic carbocycles. The van der Waals surface area contributed by atoms with E-state index in [9.17, 15) is 0 Å². The molecular formula is C11H13ClN2O. The Morgan fingerprint density at radius 1 is 1.47 bits per heavy atom. The summed E-state index contributed by atoms with van der Waals surface area (Å²) in [5, 5.41) is 4.06. The highest BCUT2D eigenvalue weighted by Crippen LogP contribution is 2.12. The van der Waals surface area contributed by atoms with Crippen molar-refractivity contribution in [2.75, 3.05) is 0 Å². The molecule has 80 valence electrons. The van der Waals surface area contributed by atoms with E-state index in [0.29, 0.717) is 0 Å². The number of aryl methyl sites for hydroxylation is 1. The second-order valence-corrected chi connectivity index (χ2v) is 3.88. The van der Waals surface area contributed by atoms with Crippen LogP contribution in [0.4, 0.5) is 0 Å². The van der Waals surface area contributed by atoms with Crippen LogP contribution in [0.5, 0.6) is 0 Å². The fraction of sp³-hybridized carbons (Fsp3) is 0.273. The first-order valence-electron chi connectivity index (χ1n) is 4.79. The highest BCUT2D eigenvalue weighted by Gasteiger charge is 2.01. The number of aromatic nitrogens is 1. The number of hydrogen-bond donors (Lipinski definition) is 1. The zero-order valence-corrected chi connectivity index (χ0v) is 9.29. The zero-order valence-electron chi connectivity index (χ0n) is 8.53. The first kappa shape index (κ1) is 10.3. The van der Waals surface area contributed by atoms with Gasteiger partial charge in [-0.1, -0.05) is 11.6 Å². The average Bonchev–Trinajstić information content (AvgIpc) is 2.77. The van der Waals surface area contributed by atoms with E-state index < -0.39 is 0 Å². The Labute approximate surface area is 93.6 Å². The molecule has 2 rings (SSSR count). The third-order valence-corrected chi connectivity index (χ3v) is 2.47. The van der Waals surface area contributed by atoms with Gasteiger partial charge in [-0.15, -0.1) is 0 Å². The van der Waals surface area contributed by atoms with E-state index in [-0.39, 0.29) is 0 Å². The van der Waals surface area contributed by atoms with Gasteiger partial charge < -0.3 is 14.3 Å². The topological polar surface area (TPSA) is 30.1 Å². The number of hydrogen-bond acceptors (Lipinski definition) is 2. The minimum Gasteiger partial charge on any atom is -0.468 e. The van der Waals surface area contributed by atoms with Crippen LogP contribution >= 0.6 is 11.6 Å². The Kier molecular flexibility index (Phi) is 3.14. The normalized spacial score (nSPS) is 10.8. The van der Waals surface area contributed by atoms with Crippen molar-refractivity contribution < 1.29 is 4.42 Å². The van der Waals surface area contributed by atoms with Crippen LogP contribution in [0.3, 0.4) is 0 Å². The van der Waals surface area contributed by atoms with Gasteiger partial charge in [-0.05, 0) is 18.2 Å². The molecule has 1 N–H and O–H groups in total. The monoisotopic (exact) mass is 224 g/mol. The molecule has 0 saturated carbocycles. The second-order valence-electron chi connectivity index (χ2n) is 3.44. The molecular weight excluding hydrogens is 212 g/mol. The lowest BCUT2D eigenvalue weighted by atomic mass is 10.4. The van der Waals surface area contributed by atoms with Gasteiger partial charge in [-0.3, -0.25) is 0 Å². The van der Waals surface area contributed by atoms with E-state index in [4.69, 9.17) is 16.0 Å². The summed E-state index contributed by atoms with van der Waals surface area (Å²) in [5.41, 5.74) is 1.16. The molecule has 2 heterocycles. The van der Waals surface area contributed by atoms with Gasteiger partial charge in [0.1, 0.15) is 5.76 Å². The summed E-state index contributed by atoms with van der Waals surface area (Å²) in [6.07, 6.45) is 3.57. The van der Waals surface area contributed by atoms with Crippen molar-refractivity contribution in [1.82, 2.24) is 9.88 Å². The second kappa shape index (κ2) is 4.55. The van der Waals surface area contributed by atoms with Gasteiger partial charge in [0.25, 0.3) is 0 Å². The number of nitrogens with zero attached hydrogens (tertiary/aromatic N) is 1. The van der Waals surface area contributed by atoms with Crippen LogP contribution in [0, 0.1) is 0 Å². The zero-order chi connectivity index (χ0) is 10.7. The summed E-state index contributed by atoms with van der Waals surface area (Å²) in [4.78, 5) is 0. The van der Waals surface area contributed by atoms with Gasteiger partial charge in [0.2, 0.25) is 0 Å². The fourth-order valence-electron chi connectivity index (χ4n) is 1.47. The highest BCUT2D eigenvalue weighted by molar-refractivity contribution is 6.30. The summed E-state index contributed by atoms with van der Waals surface area (Å²) in [6, 6.07) is 5.79. The van der Waals surface area contributed by atoms with Crippen molar-refractivity contribution in [3.8, 4) is 0 Å². The van der Waals surface area contributed by atoms with Crippen molar-refractivity contribution in [2.45, 2.75) is 13.1 Å². The largest absolute Gasteiger partial charge is 0.468 e. The molecule has 0 aromatic carbocycles. The van der Waals surface area contributed by atoms with Crippen molar-refractivity contribution in [3.63, 3.8) is 0 Å². The smallest absolute Gasteiger partial charge is 0.117 e. The minimum atomic E-state index is 0.732. The van der Waals surface area contributed by atoms with Crippen LogP contribution in [-0.2, 0) is 20.1 Å². The number of halogens is 1. The highest BCUT2D eigenvalue weighted by atomic mass is 35.5. The fourth-order valence-corrected chi connectivity index (χ4v) is 1.74. The average molecular weight is 225 g/mol. The maximum absolute atomic E-state index is 5.88. The summed E-state index contributed by atoms with van der Waals surface area (Å²) < 4.78 is 7.22. The molecule has 15 heavy (non-hydrogen) atoms. The molecule has 0 spiro atoms. The first-order chi connectivity index (χ1) is 7.25. The molecule has 0 atom stereocenters. The van der Waals surface area contributed by atoms with Gasteiger partial charge in [0.15, 0.2) is 0 Å². The van der Waals surface area contributed by atoms with Crippen molar-refractivity contribution in [2.24, 2.45) is 7.05 Å². The molecule has 0 unspecified atom stereocenters. The third-order valence-electron chi connectivity index (χ3n) is 2.26. The standard InChI is InChI=1S/C11H13ClN2O/c1-14-8-9(12)5-10(14)6-13-7-11-3-2-4-15-11/h2-5,8,13H,6-7H2,1H3. The van der Waals surface area contributed by atoms with Crippen LogP contribution in [0.15, 0.2) is 35.1 Å². The molecule has 0 aliphatic heterocycles. The summed E-state index contributed by atoms with van der Waals surface area (Å²) in [5.74, 6) is 0.940. The Morgan fingerprint density at radius 3 is 2.93 bits per heavy atom. The molecule has 0 amide bonds. The third kappa shape index (κ3) is 2.64. The summed E-state index contributed by atoms with van der Waals surface area (Å²) in [6.45, 7) is 1.51. The van der Waals surface area contributed by atoms with Crippen molar-refractivity contribution >= 4 is 11.6 Å². The number of rotatable bonds is 4. The van der Waals surface area contributed by atoms with Gasteiger partial charge >= 0.3 is 0 Å². The van der Waals surface area contributed by atoms with E-state index in [1.807, 2.05) is 36.0 Å². The number of nitrogens with one attached hydrogen (secondary N) is 1. The van der Waals surface area contributed by atoms with E-state index in [1.54, 1.807) is 6.26 Å². The van der Waals surface area contributed by atoms with Gasteiger partial charge in [0, 0.05) is 25.5 Å². The van der Waals surface area contributed by atoms with E-state index in [1.165, 1.54) is 0 Å². The van der Waals surface area contributed by atoms with Gasteiger partial charge in [-0.25, -0.2) is 0 Å². The Morgan fingerprint density at radius 2 is 2.33 bits per heavy atom. The lowest BCUT2D eigenvalue weighted by Gasteiger charge is -2.03. The molecule has 0 radical (unpaired) electrons. The minimum absolute atomic E-state index is 0.732. The van der Waals surface area contributed by atoms with Crippen LogP contribution in [0.1, 0.15) is 11.5 Å². The summed E-state index contributed by atoms with van der Waals surface area (Å²) in [7, 11) is 1.98. The lowest BCUT2D eigenvalue weighted by molar-refractivity contribution is 0.480. The van der Waals surface area contributed by atoms with Gasteiger partial charge in [0.05, 0.1) is 17.8 Å². The first-order valence-corrected chi connectivity index (χ1v) is 5.17. The van der Waals surface area contributed by atoms with E-state index in [2.05, 4.69) is 5.32 Å². The van der Waals surface area contributed by atoms with Crippen LogP contribution < -0.4 is 5.32 Å². The molecule has 0 saturated heterocycles. The van der Waals surface area contributed by atoms with E-state index in [0.717, 1.165) is 29.6 Å². The van der Waals surface area contributed by atoms with Crippen LogP contribution in [0.2, 0.25) is 5.02 Å². The van der Waals surface area contributed by atoms with Gasteiger partial charge in [-0.2, -0.15) is 0 Å². The van der Waals surface area contributed by atoms with Crippen LogP contribution in [-0.4, -0.2) is 4.57 Å². The molecule has 4 heteroatoms. The Bertz CT molecular complexity index is 420. The molecule has 2 aromatic rings. The summed E-state index contributed by atoms with van der Waals surface area (Å²) >= 11 is 5.88. The molecule has 0 fully saturated rings. The quantitative estimate of drug-likeness (QED) is 0.865. The van der Waals surface area contributed by atoms with Crippen molar-refractivity contribution in [3.05, 3.63) is 47.1 Å². The van der Waals surface area contributed by atoms with Crippen LogP contribution in [0.25, 0.3) is 0 Å². The predicted octanol–water partition coefficient (Wildman–Crippen LogP) is 2.56. The molecule has 2 aromatic heterocycles. The lowest BCUT2D eigenvalue weighted by Crippen LogP contribution is -2.14. The maximum atomic E-state index is 5.88. The van der Waals surface area contributed by atoms with E-state index >= 15 is 0 Å². The molecule has 0 bridgehead atoms. The Hall–Kier alpha value is -1.19. The molecule has 3 nitrogen and oxygen atoms in total. The van der Waals surface area contributed by atoms with Crippen molar-refractivity contribution in [1.29, 1.82) is 0 Å².